The van der Waals surface area contributed by atoms with Crippen LogP contribution in [-0.4, -0.2) is 6.04 Å². The van der Waals surface area contributed by atoms with Crippen LogP contribution in [0.2, 0.25) is 0 Å². The molecule has 0 heterocycles. The van der Waals surface area contributed by atoms with Gasteiger partial charge in [-0.05, 0) is 55.7 Å². The number of benzene rings is 1. The molecule has 0 bridgehead atoms. The third-order valence-corrected chi connectivity index (χ3v) is 5.04. The van der Waals surface area contributed by atoms with Crippen molar-refractivity contribution in [2.24, 2.45) is 5.73 Å². The number of nitrogens with two attached hydrogens (primary N) is 2. The van der Waals surface area contributed by atoms with Crippen molar-refractivity contribution in [1.29, 1.82) is 0 Å². The van der Waals surface area contributed by atoms with E-state index < -0.39 is 0 Å². The zero-order chi connectivity index (χ0) is 16.4. The van der Waals surface area contributed by atoms with Crippen LogP contribution in [0, 0.1) is 0 Å². The second-order valence-electron chi connectivity index (χ2n) is 6.94. The van der Waals surface area contributed by atoms with Crippen LogP contribution < -0.4 is 11.5 Å². The highest BCUT2D eigenvalue weighted by Gasteiger charge is 2.29. The van der Waals surface area contributed by atoms with Crippen LogP contribution in [0.15, 0.2) is 24.3 Å². The minimum Gasteiger partial charge on any atom is -0.399 e. The van der Waals surface area contributed by atoms with Crippen molar-refractivity contribution in [1.82, 2.24) is 0 Å². The lowest BCUT2D eigenvalue weighted by Gasteiger charge is -2.35. The molecule has 0 aliphatic heterocycles. The van der Waals surface area contributed by atoms with Crippen molar-refractivity contribution >= 4 is 5.69 Å². The van der Waals surface area contributed by atoms with Gasteiger partial charge >= 0.3 is 0 Å². The lowest BCUT2D eigenvalue weighted by Crippen LogP contribution is -2.28. The Morgan fingerprint density at radius 3 is 2.14 bits per heavy atom. The molecule has 0 aliphatic rings. The number of anilines is 1. The summed E-state index contributed by atoms with van der Waals surface area (Å²) in [5.41, 5.74) is 14.5. The van der Waals surface area contributed by atoms with Gasteiger partial charge in [0.05, 0.1) is 0 Å². The van der Waals surface area contributed by atoms with Crippen LogP contribution in [-0.2, 0) is 5.41 Å². The molecule has 2 heteroatoms. The summed E-state index contributed by atoms with van der Waals surface area (Å²) in [6, 6.07) is 8.82. The smallest absolute Gasteiger partial charge is 0.0314 e. The SMILES string of the molecule is CCCCCCCC(CC)(CCC(C)N)c1ccc(N)cc1. The lowest BCUT2D eigenvalue weighted by atomic mass is 9.70. The van der Waals surface area contributed by atoms with E-state index in [-0.39, 0.29) is 11.5 Å². The van der Waals surface area contributed by atoms with Gasteiger partial charge in [-0.15, -0.1) is 0 Å². The van der Waals surface area contributed by atoms with E-state index >= 15 is 0 Å². The van der Waals surface area contributed by atoms with Gasteiger partial charge in [-0.1, -0.05) is 58.1 Å². The first kappa shape index (κ1) is 19.0. The number of hydrogen-bond donors (Lipinski definition) is 2. The molecule has 0 amide bonds. The highest BCUT2D eigenvalue weighted by molar-refractivity contribution is 5.41. The molecule has 0 fully saturated rings. The number of unbranched alkanes of at least 4 members (excludes halogenated alkanes) is 4. The van der Waals surface area contributed by atoms with Gasteiger partial charge in [-0.2, -0.15) is 0 Å². The third-order valence-electron chi connectivity index (χ3n) is 5.04. The van der Waals surface area contributed by atoms with Crippen LogP contribution in [0.25, 0.3) is 0 Å². The first-order valence-electron chi connectivity index (χ1n) is 9.15. The summed E-state index contributed by atoms with van der Waals surface area (Å²) >= 11 is 0. The molecular weight excluding hydrogens is 268 g/mol. The summed E-state index contributed by atoms with van der Waals surface area (Å²) < 4.78 is 0. The summed E-state index contributed by atoms with van der Waals surface area (Å²) in [5, 5.41) is 0. The van der Waals surface area contributed by atoms with Crippen LogP contribution >= 0.6 is 0 Å². The second-order valence-corrected chi connectivity index (χ2v) is 6.94. The van der Waals surface area contributed by atoms with Gasteiger partial charge in [0, 0.05) is 11.7 Å². The predicted molar refractivity (Wildman–Crippen MR) is 99.1 cm³/mol. The number of hydrogen-bond acceptors (Lipinski definition) is 2. The van der Waals surface area contributed by atoms with Crippen molar-refractivity contribution in [3.8, 4) is 0 Å². The molecule has 1 aromatic carbocycles. The van der Waals surface area contributed by atoms with Crippen molar-refractivity contribution in [3.05, 3.63) is 29.8 Å². The van der Waals surface area contributed by atoms with E-state index in [1.807, 2.05) is 12.1 Å². The molecule has 0 spiro atoms. The first-order valence-corrected chi connectivity index (χ1v) is 9.15. The summed E-state index contributed by atoms with van der Waals surface area (Å²) in [7, 11) is 0. The predicted octanol–water partition coefficient (Wildman–Crippen LogP) is 5.40. The quantitative estimate of drug-likeness (QED) is 0.424. The van der Waals surface area contributed by atoms with E-state index in [1.165, 1.54) is 56.9 Å². The zero-order valence-electron chi connectivity index (χ0n) is 14.9. The molecule has 1 aromatic rings. The van der Waals surface area contributed by atoms with Crippen molar-refractivity contribution in [3.63, 3.8) is 0 Å². The Bertz CT molecular complexity index is 397. The van der Waals surface area contributed by atoms with Gasteiger partial charge in [-0.3, -0.25) is 0 Å². The Labute approximate surface area is 137 Å². The van der Waals surface area contributed by atoms with Gasteiger partial charge < -0.3 is 11.5 Å². The molecule has 2 unspecified atom stereocenters. The average molecular weight is 305 g/mol. The normalized spacial score (nSPS) is 15.5. The topological polar surface area (TPSA) is 52.0 Å². The Kier molecular flexibility index (Phi) is 8.55. The van der Waals surface area contributed by atoms with E-state index in [4.69, 9.17) is 11.5 Å². The van der Waals surface area contributed by atoms with Crippen molar-refractivity contribution < 1.29 is 0 Å². The standard InChI is InChI=1S/C20H36N2/c1-4-6-7-8-9-15-20(5-2,16-14-17(3)21)18-10-12-19(22)13-11-18/h10-13,17H,4-9,14-16,21-22H2,1-3H3. The highest BCUT2D eigenvalue weighted by Crippen LogP contribution is 2.38. The Morgan fingerprint density at radius 2 is 1.59 bits per heavy atom. The fourth-order valence-corrected chi connectivity index (χ4v) is 3.38. The minimum absolute atomic E-state index is 0.271. The molecule has 22 heavy (non-hydrogen) atoms. The third kappa shape index (κ3) is 6.00. The lowest BCUT2D eigenvalue weighted by molar-refractivity contribution is 0.319. The maximum atomic E-state index is 6.03. The molecule has 0 saturated heterocycles. The molecule has 0 aliphatic carbocycles. The Balaban J connectivity index is 2.79. The van der Waals surface area contributed by atoms with E-state index in [0.717, 1.165) is 12.1 Å². The average Bonchev–Trinajstić information content (AvgIpc) is 2.51. The van der Waals surface area contributed by atoms with Gasteiger partial charge in [0.1, 0.15) is 0 Å². The molecule has 2 nitrogen and oxygen atoms in total. The van der Waals surface area contributed by atoms with Gasteiger partial charge in [0.15, 0.2) is 0 Å². The summed E-state index contributed by atoms with van der Waals surface area (Å²) in [4.78, 5) is 0. The molecule has 4 N–H and O–H groups in total. The first-order chi connectivity index (χ1) is 10.5. The highest BCUT2D eigenvalue weighted by atomic mass is 14.6. The van der Waals surface area contributed by atoms with Gasteiger partial charge in [0.25, 0.3) is 0 Å². The Morgan fingerprint density at radius 1 is 0.955 bits per heavy atom. The van der Waals surface area contributed by atoms with Crippen LogP contribution in [0.5, 0.6) is 0 Å². The minimum atomic E-state index is 0.271. The summed E-state index contributed by atoms with van der Waals surface area (Å²) in [6.45, 7) is 6.71. The molecule has 2 atom stereocenters. The van der Waals surface area contributed by atoms with Crippen molar-refractivity contribution in [2.75, 3.05) is 5.73 Å². The zero-order valence-corrected chi connectivity index (χ0v) is 14.9. The maximum absolute atomic E-state index is 6.03. The van der Waals surface area contributed by atoms with Gasteiger partial charge in [-0.25, -0.2) is 0 Å². The number of rotatable bonds is 11. The van der Waals surface area contributed by atoms with E-state index in [9.17, 15) is 0 Å². The largest absolute Gasteiger partial charge is 0.399 e. The van der Waals surface area contributed by atoms with E-state index in [1.54, 1.807) is 0 Å². The molecule has 0 radical (unpaired) electrons. The van der Waals surface area contributed by atoms with Crippen LogP contribution in [0.4, 0.5) is 5.69 Å². The molecular formula is C20H36N2. The Hall–Kier alpha value is -1.02. The van der Waals surface area contributed by atoms with Crippen LogP contribution in [0.1, 0.15) is 84.1 Å². The van der Waals surface area contributed by atoms with E-state index in [0.29, 0.717) is 0 Å². The monoisotopic (exact) mass is 304 g/mol. The molecule has 0 aromatic heterocycles. The maximum Gasteiger partial charge on any atom is 0.0314 e. The summed E-state index contributed by atoms with van der Waals surface area (Å²) in [6.07, 6.45) is 11.4. The fraction of sp³-hybridized carbons (Fsp3) is 0.700. The molecule has 1 rings (SSSR count). The second kappa shape index (κ2) is 9.89. The fourth-order valence-electron chi connectivity index (χ4n) is 3.38. The molecule has 0 saturated carbocycles. The van der Waals surface area contributed by atoms with E-state index in [2.05, 4.69) is 32.9 Å². The van der Waals surface area contributed by atoms with Crippen LogP contribution in [0.3, 0.4) is 0 Å². The van der Waals surface area contributed by atoms with Gasteiger partial charge in [0.2, 0.25) is 0 Å². The van der Waals surface area contributed by atoms with Crippen molar-refractivity contribution in [2.45, 2.75) is 90.0 Å². The summed E-state index contributed by atoms with van der Waals surface area (Å²) in [5.74, 6) is 0. The molecule has 126 valence electrons. The number of nitrogen functional groups attached to an aromatic ring is 1.